The van der Waals surface area contributed by atoms with E-state index < -0.39 is 86.1 Å². The first-order valence-electron chi connectivity index (χ1n) is 19.6. The van der Waals surface area contributed by atoms with E-state index in [9.17, 15) is 38.2 Å². The number of unbranched alkanes of at least 4 members (excludes halogenated alkanes) is 1. The zero-order chi connectivity index (χ0) is 44.5. The quantitative estimate of drug-likeness (QED) is 0.0257. The average Bonchev–Trinajstić information content (AvgIpc) is 3.91. The van der Waals surface area contributed by atoms with Crippen molar-refractivity contribution in [1.29, 1.82) is 0 Å². The first-order valence-corrected chi connectivity index (χ1v) is 21.3. The van der Waals surface area contributed by atoms with Crippen molar-refractivity contribution in [2.24, 2.45) is 17.2 Å². The summed E-state index contributed by atoms with van der Waals surface area (Å²) in [5.41, 5.74) is 22.4. The number of carbonyl (C=O) groups is 6. The molecule has 0 saturated heterocycles. The number of amides is 7. The van der Waals surface area contributed by atoms with Crippen LogP contribution in [0.4, 0.5) is 4.79 Å². The summed E-state index contributed by atoms with van der Waals surface area (Å²) in [6.07, 6.45) is 5.32. The van der Waals surface area contributed by atoms with E-state index >= 15 is 0 Å². The SMILES string of the molecule is COP(=O)(O)CCN(NC(=O)[C@H](C)NC(=O)[C@@H](Cc1c[nH]c2ccccc12)NC(=O)[C@@H](N)Cc1cnc[nH]1)C(=O)N[C@H](Cc1ccccc1)C(=O)N[C@@H](CCCCN)C(N)=O. The van der Waals surface area contributed by atoms with Crippen LogP contribution >= 0.6 is 7.60 Å². The zero-order valence-corrected chi connectivity index (χ0v) is 34.9. The fourth-order valence-electron chi connectivity index (χ4n) is 6.21. The van der Waals surface area contributed by atoms with Gasteiger partial charge in [0.05, 0.1) is 25.1 Å². The van der Waals surface area contributed by atoms with E-state index in [1.807, 2.05) is 24.3 Å². The van der Waals surface area contributed by atoms with Crippen molar-refractivity contribution in [1.82, 2.24) is 46.7 Å². The molecule has 2 heterocycles. The Balaban J connectivity index is 1.53. The van der Waals surface area contributed by atoms with E-state index in [1.54, 1.807) is 36.5 Å². The number of aromatic nitrogens is 3. The standard InChI is InChI=1S/C39H55N12O9P/c1-24(46-37(55)33(19-26-21-44-30-13-7-6-12-28(26)30)48-36(54)29(41)20-27-22-43-23-45-27)35(53)50-51(16-17-61(58,59)60-2)39(57)49-32(18-25-10-4-3-5-11-25)38(56)47-31(34(42)52)14-8-9-15-40/h3-7,10-13,21-24,29,31-33,44H,8-9,14-20,40-41H2,1-2H3,(H2,42,52)(H,43,45)(H,46,55)(H,47,56)(H,48,54)(H,49,57)(H,50,53)(H,58,59)/t24-,29-,31-,32+,33+/m0/s1. The molecule has 0 saturated carbocycles. The van der Waals surface area contributed by atoms with Crippen LogP contribution < -0.4 is 43.9 Å². The molecule has 2 aromatic carbocycles. The fourth-order valence-corrected chi connectivity index (χ4v) is 6.84. The first-order chi connectivity index (χ1) is 29.1. The second-order valence-corrected chi connectivity index (χ2v) is 16.4. The van der Waals surface area contributed by atoms with Crippen LogP contribution in [0.25, 0.3) is 10.9 Å². The molecule has 61 heavy (non-hydrogen) atoms. The van der Waals surface area contributed by atoms with Crippen LogP contribution in [-0.4, -0.2) is 117 Å². The maximum Gasteiger partial charge on any atom is 0.336 e. The number of hydrogen-bond acceptors (Lipinski definition) is 11. The van der Waals surface area contributed by atoms with Gasteiger partial charge in [-0.1, -0.05) is 48.5 Å². The highest BCUT2D eigenvalue weighted by Gasteiger charge is 2.32. The number of para-hydroxylation sites is 1. The number of fused-ring (bicyclic) bond motifs is 1. The maximum absolute atomic E-state index is 13.9. The van der Waals surface area contributed by atoms with Crippen molar-refractivity contribution in [3.05, 3.63) is 90.1 Å². The predicted octanol–water partition coefficient (Wildman–Crippen LogP) is -0.422. The number of H-pyrrole nitrogens is 2. The smallest absolute Gasteiger partial charge is 0.336 e. The molecule has 1 unspecified atom stereocenters. The van der Waals surface area contributed by atoms with Crippen LogP contribution in [0.3, 0.4) is 0 Å². The van der Waals surface area contributed by atoms with Gasteiger partial charge >= 0.3 is 13.6 Å². The normalized spacial score (nSPS) is 14.6. The second kappa shape index (κ2) is 23.0. The molecule has 14 N–H and O–H groups in total. The van der Waals surface area contributed by atoms with Gasteiger partial charge in [0.1, 0.15) is 24.2 Å². The Morgan fingerprint density at radius 1 is 0.852 bits per heavy atom. The summed E-state index contributed by atoms with van der Waals surface area (Å²) in [6, 6.07) is 8.86. The Labute approximate surface area is 352 Å². The number of nitrogens with zero attached hydrogens (tertiary/aromatic N) is 2. The minimum Gasteiger partial charge on any atom is -0.368 e. The largest absolute Gasteiger partial charge is 0.368 e. The van der Waals surface area contributed by atoms with Crippen LogP contribution in [-0.2, 0) is 52.3 Å². The highest BCUT2D eigenvalue weighted by Crippen LogP contribution is 2.40. The summed E-state index contributed by atoms with van der Waals surface area (Å²) in [7, 11) is -3.25. The molecule has 0 fully saturated rings. The summed E-state index contributed by atoms with van der Waals surface area (Å²) in [5.74, 6) is -3.91. The molecule has 0 bridgehead atoms. The van der Waals surface area contributed by atoms with Crippen molar-refractivity contribution < 1.29 is 42.7 Å². The zero-order valence-electron chi connectivity index (χ0n) is 34.0. The lowest BCUT2D eigenvalue weighted by Crippen LogP contribution is -2.61. The number of hydrogen-bond donors (Lipinski definition) is 11. The average molecular weight is 867 g/mol. The molecule has 7 amide bonds. The molecule has 4 rings (SSSR count). The Morgan fingerprint density at radius 3 is 2.20 bits per heavy atom. The van der Waals surface area contributed by atoms with Crippen LogP contribution in [0.15, 0.2) is 73.3 Å². The summed E-state index contributed by atoms with van der Waals surface area (Å²) in [6.45, 7) is 1.10. The molecule has 330 valence electrons. The van der Waals surface area contributed by atoms with Crippen molar-refractivity contribution in [2.45, 2.75) is 75.7 Å². The lowest BCUT2D eigenvalue weighted by atomic mass is 10.0. The molecule has 22 heteroatoms. The number of urea groups is 1. The van der Waals surface area contributed by atoms with Crippen molar-refractivity contribution in [3.63, 3.8) is 0 Å². The van der Waals surface area contributed by atoms with Crippen molar-refractivity contribution in [3.8, 4) is 0 Å². The molecule has 0 aliphatic heterocycles. The van der Waals surface area contributed by atoms with E-state index in [4.69, 9.17) is 17.2 Å². The van der Waals surface area contributed by atoms with Crippen LogP contribution in [0.5, 0.6) is 0 Å². The number of aromatic amines is 2. The van der Waals surface area contributed by atoms with Crippen LogP contribution in [0.2, 0.25) is 0 Å². The van der Waals surface area contributed by atoms with E-state index in [0.29, 0.717) is 41.2 Å². The maximum atomic E-state index is 13.9. The Hall–Kier alpha value is -6.12. The lowest BCUT2D eigenvalue weighted by Gasteiger charge is -2.29. The highest BCUT2D eigenvalue weighted by atomic mass is 31.2. The van der Waals surface area contributed by atoms with Crippen LogP contribution in [0.1, 0.15) is 43.0 Å². The summed E-state index contributed by atoms with van der Waals surface area (Å²) in [5, 5.41) is 11.9. The van der Waals surface area contributed by atoms with E-state index in [0.717, 1.165) is 18.0 Å². The first kappa shape index (κ1) is 47.6. The third kappa shape index (κ3) is 14.8. The third-order valence-electron chi connectivity index (χ3n) is 9.70. The van der Waals surface area contributed by atoms with Gasteiger partial charge in [-0.05, 0) is 49.9 Å². The molecular weight excluding hydrogens is 811 g/mol. The number of carbonyl (C=O) groups excluding carboxylic acids is 6. The van der Waals surface area contributed by atoms with Gasteiger partial charge < -0.3 is 57.9 Å². The minimum atomic E-state index is -4.25. The third-order valence-corrected chi connectivity index (χ3v) is 11.0. The van der Waals surface area contributed by atoms with Gasteiger partial charge in [0, 0.05) is 55.4 Å². The van der Waals surface area contributed by atoms with Gasteiger partial charge in [0.2, 0.25) is 23.6 Å². The monoisotopic (exact) mass is 866 g/mol. The number of nitrogens with one attached hydrogen (secondary N) is 7. The molecule has 21 nitrogen and oxygen atoms in total. The van der Waals surface area contributed by atoms with Gasteiger partial charge in [0.25, 0.3) is 5.91 Å². The molecular formula is C39H55N12O9P. The molecule has 0 aliphatic rings. The molecule has 2 aromatic heterocycles. The summed E-state index contributed by atoms with van der Waals surface area (Å²) in [4.78, 5) is 101. The Kier molecular flexibility index (Phi) is 18.0. The van der Waals surface area contributed by atoms with E-state index in [2.05, 4.69) is 46.2 Å². The van der Waals surface area contributed by atoms with Crippen molar-refractivity contribution in [2.75, 3.05) is 26.4 Å². The van der Waals surface area contributed by atoms with Gasteiger partial charge in [-0.25, -0.2) is 14.8 Å². The highest BCUT2D eigenvalue weighted by molar-refractivity contribution is 7.52. The van der Waals surface area contributed by atoms with Gasteiger partial charge in [-0.3, -0.25) is 34.0 Å². The number of primary amides is 1. The van der Waals surface area contributed by atoms with E-state index in [-0.39, 0.29) is 25.7 Å². The van der Waals surface area contributed by atoms with Crippen LogP contribution in [0, 0.1) is 0 Å². The molecule has 0 spiro atoms. The van der Waals surface area contributed by atoms with Gasteiger partial charge in [0.15, 0.2) is 0 Å². The number of benzene rings is 2. The minimum absolute atomic E-state index is 0.00145. The molecule has 0 radical (unpaired) electrons. The summed E-state index contributed by atoms with van der Waals surface area (Å²) < 4.78 is 17.2. The number of nitrogens with two attached hydrogens (primary N) is 3. The number of rotatable bonds is 23. The van der Waals surface area contributed by atoms with Gasteiger partial charge in [-0.2, -0.15) is 0 Å². The topological polar surface area (TPSA) is 335 Å². The Morgan fingerprint density at radius 2 is 1.52 bits per heavy atom. The Bertz CT molecular complexity index is 2140. The fraction of sp³-hybridized carbons (Fsp3) is 0.410. The number of hydrazine groups is 1. The van der Waals surface area contributed by atoms with E-state index in [1.165, 1.54) is 19.4 Å². The summed E-state index contributed by atoms with van der Waals surface area (Å²) >= 11 is 0. The van der Waals surface area contributed by atoms with Crippen molar-refractivity contribution >= 4 is 54.1 Å². The van der Waals surface area contributed by atoms with Gasteiger partial charge in [-0.15, -0.1) is 0 Å². The predicted molar refractivity (Wildman–Crippen MR) is 225 cm³/mol. The molecule has 0 aliphatic carbocycles. The molecule has 4 aromatic rings. The number of imidazole rings is 1. The lowest BCUT2D eigenvalue weighted by molar-refractivity contribution is -0.133. The molecule has 6 atom stereocenters. The second-order valence-electron chi connectivity index (χ2n) is 14.4.